The second kappa shape index (κ2) is 11.5. The Balaban J connectivity index is 1.43. The maximum Gasteiger partial charge on any atom is 0.416 e. The molecule has 0 bridgehead atoms. The van der Waals surface area contributed by atoms with Gasteiger partial charge < -0.3 is 10.2 Å². The third kappa shape index (κ3) is 6.38. The molecule has 38 heavy (non-hydrogen) atoms. The molecule has 0 radical (unpaired) electrons. The average molecular weight is 550 g/mol. The molecule has 2 amide bonds. The Bertz CT molecular complexity index is 1230. The summed E-state index contributed by atoms with van der Waals surface area (Å²) in [7, 11) is 1.33. The molecule has 2 heterocycles. The van der Waals surface area contributed by atoms with Gasteiger partial charge in [0.1, 0.15) is 0 Å². The van der Waals surface area contributed by atoms with E-state index in [0.717, 1.165) is 47.9 Å². The highest BCUT2D eigenvalue weighted by atomic mass is 35.5. The Morgan fingerprint density at radius 2 is 1.76 bits per heavy atom. The number of hydrogen-bond acceptors (Lipinski definition) is 4. The zero-order valence-electron chi connectivity index (χ0n) is 21.4. The number of piperidine rings is 1. The lowest BCUT2D eigenvalue weighted by Gasteiger charge is -2.39. The summed E-state index contributed by atoms with van der Waals surface area (Å²) in [5.74, 6) is -1.06. The van der Waals surface area contributed by atoms with Crippen LogP contribution in [0, 0.1) is 6.92 Å². The predicted molar refractivity (Wildman–Crippen MR) is 138 cm³/mol. The number of ketones is 1. The van der Waals surface area contributed by atoms with Gasteiger partial charge in [-0.15, -0.1) is 0 Å². The van der Waals surface area contributed by atoms with E-state index in [-0.39, 0.29) is 41.7 Å². The van der Waals surface area contributed by atoms with Gasteiger partial charge in [-0.1, -0.05) is 23.7 Å². The molecule has 0 spiro atoms. The SMILES string of the molecule is CNC(=O)c1cc(CC(=O)[C@H]2CCC(=O)N2C2CCN(Cc3ccc(Cl)c(C)c3)CC2)cc(C(F)(F)F)c1. The standard InChI is InChI=1S/C28H31ClF3N3O3/c1-17-11-18(3-4-23(17)29)16-34-9-7-22(8-10-34)35-24(5-6-26(35)37)25(36)14-19-12-20(27(38)33-2)15-21(13-19)28(30,31)32/h3-4,11-13,15,22,24H,5-10,14,16H2,1-2H3,(H,33,38)/t24-/m1/s1. The van der Waals surface area contributed by atoms with Gasteiger partial charge in [0, 0.05) is 56.2 Å². The van der Waals surface area contributed by atoms with Crippen LogP contribution < -0.4 is 5.32 Å². The van der Waals surface area contributed by atoms with Crippen LogP contribution >= 0.6 is 11.6 Å². The molecular weight excluding hydrogens is 519 g/mol. The minimum Gasteiger partial charge on any atom is -0.355 e. The first-order valence-electron chi connectivity index (χ1n) is 12.7. The van der Waals surface area contributed by atoms with E-state index >= 15 is 0 Å². The molecule has 0 aliphatic carbocycles. The van der Waals surface area contributed by atoms with E-state index in [4.69, 9.17) is 11.6 Å². The van der Waals surface area contributed by atoms with Gasteiger partial charge in [-0.25, -0.2) is 0 Å². The molecule has 10 heteroatoms. The minimum atomic E-state index is -4.66. The van der Waals surface area contributed by atoms with Crippen molar-refractivity contribution in [2.75, 3.05) is 20.1 Å². The minimum absolute atomic E-state index is 0.0924. The number of nitrogens with one attached hydrogen (secondary N) is 1. The van der Waals surface area contributed by atoms with E-state index in [1.165, 1.54) is 13.1 Å². The van der Waals surface area contributed by atoms with E-state index in [2.05, 4.69) is 16.3 Å². The van der Waals surface area contributed by atoms with Gasteiger partial charge >= 0.3 is 6.18 Å². The van der Waals surface area contributed by atoms with Crippen molar-refractivity contribution in [3.63, 3.8) is 0 Å². The molecule has 204 valence electrons. The zero-order valence-corrected chi connectivity index (χ0v) is 22.2. The molecule has 0 saturated carbocycles. The average Bonchev–Trinajstić information content (AvgIpc) is 3.27. The highest BCUT2D eigenvalue weighted by Crippen LogP contribution is 2.32. The molecule has 2 saturated heterocycles. The van der Waals surface area contributed by atoms with Crippen LogP contribution in [0.25, 0.3) is 0 Å². The van der Waals surface area contributed by atoms with Crippen LogP contribution in [-0.2, 0) is 28.7 Å². The van der Waals surface area contributed by atoms with Crippen molar-refractivity contribution in [1.29, 1.82) is 0 Å². The second-order valence-corrected chi connectivity index (χ2v) is 10.5. The van der Waals surface area contributed by atoms with E-state index < -0.39 is 23.7 Å². The maximum atomic E-state index is 13.4. The van der Waals surface area contributed by atoms with E-state index in [0.29, 0.717) is 19.3 Å². The first kappa shape index (κ1) is 28.1. The lowest BCUT2D eigenvalue weighted by Crippen LogP contribution is -2.50. The fourth-order valence-electron chi connectivity index (χ4n) is 5.45. The van der Waals surface area contributed by atoms with Crippen molar-refractivity contribution in [3.05, 3.63) is 69.2 Å². The van der Waals surface area contributed by atoms with Crippen LogP contribution in [0.1, 0.15) is 58.3 Å². The van der Waals surface area contributed by atoms with Crippen LogP contribution in [0.5, 0.6) is 0 Å². The number of carbonyl (C=O) groups is 3. The van der Waals surface area contributed by atoms with Gasteiger partial charge in [0.15, 0.2) is 5.78 Å². The summed E-state index contributed by atoms with van der Waals surface area (Å²) in [4.78, 5) is 42.1. The quantitative estimate of drug-likeness (QED) is 0.539. The Kier molecular flexibility index (Phi) is 8.47. The molecule has 6 nitrogen and oxygen atoms in total. The fourth-order valence-corrected chi connectivity index (χ4v) is 5.57. The zero-order chi connectivity index (χ0) is 27.6. The molecule has 2 fully saturated rings. The van der Waals surface area contributed by atoms with Crippen molar-refractivity contribution in [2.24, 2.45) is 0 Å². The summed E-state index contributed by atoms with van der Waals surface area (Å²) in [6.07, 6.45) is -2.91. The summed E-state index contributed by atoms with van der Waals surface area (Å²) in [6, 6.07) is 8.19. The van der Waals surface area contributed by atoms with E-state index in [1.807, 2.05) is 19.1 Å². The molecule has 1 N–H and O–H groups in total. The van der Waals surface area contributed by atoms with Gasteiger partial charge in [0.05, 0.1) is 11.6 Å². The van der Waals surface area contributed by atoms with Gasteiger partial charge in [-0.05, 0) is 67.1 Å². The number of alkyl halides is 3. The topological polar surface area (TPSA) is 69.7 Å². The molecule has 2 aromatic carbocycles. The Hall–Kier alpha value is -2.91. The van der Waals surface area contributed by atoms with Crippen LogP contribution in [0.2, 0.25) is 5.02 Å². The van der Waals surface area contributed by atoms with Gasteiger partial charge in [0.25, 0.3) is 5.91 Å². The Morgan fingerprint density at radius 3 is 2.39 bits per heavy atom. The highest BCUT2D eigenvalue weighted by molar-refractivity contribution is 6.31. The number of benzene rings is 2. The highest BCUT2D eigenvalue weighted by Gasteiger charge is 2.41. The number of amides is 2. The summed E-state index contributed by atoms with van der Waals surface area (Å²) in [6.45, 7) is 4.26. The van der Waals surface area contributed by atoms with Gasteiger partial charge in [-0.2, -0.15) is 13.2 Å². The smallest absolute Gasteiger partial charge is 0.355 e. The number of hydrogen-bond donors (Lipinski definition) is 1. The third-order valence-corrected chi connectivity index (χ3v) is 7.82. The molecule has 0 unspecified atom stereocenters. The molecular formula is C28H31ClF3N3O3. The van der Waals surface area contributed by atoms with Crippen molar-refractivity contribution in [1.82, 2.24) is 15.1 Å². The van der Waals surface area contributed by atoms with E-state index in [1.54, 1.807) is 4.90 Å². The Labute approximate surface area is 225 Å². The van der Waals surface area contributed by atoms with Crippen molar-refractivity contribution in [3.8, 4) is 0 Å². The summed E-state index contributed by atoms with van der Waals surface area (Å²) in [5, 5.41) is 3.05. The second-order valence-electron chi connectivity index (χ2n) is 10.1. The van der Waals surface area contributed by atoms with Crippen LogP contribution in [0.4, 0.5) is 13.2 Å². The number of likely N-dealkylation sites (tertiary alicyclic amines) is 2. The lowest BCUT2D eigenvalue weighted by molar-refractivity contribution is -0.137. The van der Waals surface area contributed by atoms with Gasteiger partial charge in [0.2, 0.25) is 5.91 Å². The summed E-state index contributed by atoms with van der Waals surface area (Å²) < 4.78 is 40.3. The van der Waals surface area contributed by atoms with Crippen molar-refractivity contribution < 1.29 is 27.6 Å². The number of Topliss-reactive ketones (excluding diaryl/α,β-unsaturated/α-hetero) is 1. The Morgan fingerprint density at radius 1 is 1.05 bits per heavy atom. The first-order valence-corrected chi connectivity index (χ1v) is 13.1. The largest absolute Gasteiger partial charge is 0.416 e. The third-order valence-electron chi connectivity index (χ3n) is 7.39. The molecule has 2 aliphatic rings. The van der Waals surface area contributed by atoms with Crippen LogP contribution in [0.3, 0.4) is 0 Å². The van der Waals surface area contributed by atoms with Crippen LogP contribution in [0.15, 0.2) is 36.4 Å². The number of nitrogens with zero attached hydrogens (tertiary/aromatic N) is 2. The first-order chi connectivity index (χ1) is 18.0. The number of carbonyl (C=O) groups excluding carboxylic acids is 3. The van der Waals surface area contributed by atoms with Crippen molar-refractivity contribution in [2.45, 2.75) is 63.8 Å². The molecule has 4 rings (SSSR count). The summed E-state index contributed by atoms with van der Waals surface area (Å²) in [5.41, 5.74) is 1.15. The number of halogens is 4. The predicted octanol–water partition coefficient (Wildman–Crippen LogP) is 4.79. The van der Waals surface area contributed by atoms with Gasteiger partial charge in [-0.3, -0.25) is 19.3 Å². The fraction of sp³-hybridized carbons (Fsp3) is 0.464. The molecule has 2 aromatic rings. The molecule has 2 aliphatic heterocycles. The number of rotatable bonds is 7. The maximum absolute atomic E-state index is 13.4. The van der Waals surface area contributed by atoms with Crippen molar-refractivity contribution >= 4 is 29.2 Å². The molecule has 0 aromatic heterocycles. The lowest BCUT2D eigenvalue weighted by atomic mass is 9.95. The van der Waals surface area contributed by atoms with E-state index in [9.17, 15) is 27.6 Å². The summed E-state index contributed by atoms with van der Waals surface area (Å²) >= 11 is 6.13. The number of aryl methyl sites for hydroxylation is 1. The monoisotopic (exact) mass is 549 g/mol. The van der Waals surface area contributed by atoms with Crippen LogP contribution in [-0.4, -0.2) is 59.6 Å². The molecule has 1 atom stereocenters. The normalized spacial score (nSPS) is 19.2.